The molecule has 3 amide bonds. The zero-order valence-electron chi connectivity index (χ0n) is 19.5. The number of anilines is 1. The van der Waals surface area contributed by atoms with Crippen LogP contribution >= 0.6 is 34.4 Å². The molecule has 184 valence electrons. The molecule has 9 heteroatoms. The second-order valence-electron chi connectivity index (χ2n) is 8.19. The normalized spacial score (nSPS) is 14.4. The zero-order chi connectivity index (χ0) is 25.8. The van der Waals surface area contributed by atoms with Crippen molar-refractivity contribution in [2.24, 2.45) is 0 Å². The monoisotopic (exact) mass is 616 g/mol. The molecule has 0 saturated carbocycles. The third-order valence-corrected chi connectivity index (χ3v) is 7.31. The van der Waals surface area contributed by atoms with Crippen LogP contribution in [0.2, 0.25) is 0 Å². The van der Waals surface area contributed by atoms with Gasteiger partial charge in [-0.3, -0.25) is 19.3 Å². The number of thioether (sulfide) groups is 1. The van der Waals surface area contributed by atoms with E-state index in [2.05, 4.69) is 27.9 Å². The summed E-state index contributed by atoms with van der Waals surface area (Å²) in [6.07, 6.45) is 1.61. The summed E-state index contributed by atoms with van der Waals surface area (Å²) in [5.74, 6) is -0.725. The first-order valence-electron chi connectivity index (χ1n) is 11.0. The van der Waals surface area contributed by atoms with Gasteiger partial charge in [-0.15, -0.1) is 0 Å². The molecule has 4 rings (SSSR count). The SMILES string of the molecule is Cc1ccc(NC(=O)CN2C(=O)S/C(=C/c3ccc(OCc4ccccc4F)c(I)c3)C2=O)cc1C. The predicted octanol–water partition coefficient (Wildman–Crippen LogP) is 6.30. The van der Waals surface area contributed by atoms with E-state index in [4.69, 9.17) is 4.74 Å². The lowest BCUT2D eigenvalue weighted by atomic mass is 10.1. The minimum atomic E-state index is -0.518. The van der Waals surface area contributed by atoms with E-state index in [0.29, 0.717) is 22.6 Å². The molecular formula is C27H22FIN2O4S. The number of nitrogens with one attached hydrogen (secondary N) is 1. The van der Waals surface area contributed by atoms with Gasteiger partial charge in [0.05, 0.1) is 8.48 Å². The maximum Gasteiger partial charge on any atom is 0.294 e. The van der Waals surface area contributed by atoms with Crippen molar-refractivity contribution in [2.75, 3.05) is 11.9 Å². The van der Waals surface area contributed by atoms with Crippen molar-refractivity contribution in [1.82, 2.24) is 4.90 Å². The Morgan fingerprint density at radius 2 is 1.86 bits per heavy atom. The maximum absolute atomic E-state index is 13.8. The third kappa shape index (κ3) is 6.14. The Kier molecular flexibility index (Phi) is 8.10. The number of halogens is 2. The van der Waals surface area contributed by atoms with E-state index in [0.717, 1.165) is 31.4 Å². The molecule has 1 saturated heterocycles. The minimum Gasteiger partial charge on any atom is -0.488 e. The molecule has 0 aromatic heterocycles. The van der Waals surface area contributed by atoms with E-state index < -0.39 is 17.1 Å². The van der Waals surface area contributed by atoms with Crippen molar-refractivity contribution in [3.05, 3.63) is 97.2 Å². The lowest BCUT2D eigenvalue weighted by molar-refractivity contribution is -0.127. The number of nitrogens with zero attached hydrogens (tertiary/aromatic N) is 1. The molecule has 0 radical (unpaired) electrons. The molecule has 0 aliphatic carbocycles. The van der Waals surface area contributed by atoms with Gasteiger partial charge in [-0.25, -0.2) is 4.39 Å². The van der Waals surface area contributed by atoms with E-state index in [1.807, 2.05) is 26.0 Å². The average molecular weight is 616 g/mol. The fraction of sp³-hybridized carbons (Fsp3) is 0.148. The van der Waals surface area contributed by atoms with Crippen LogP contribution in [0, 0.1) is 23.2 Å². The summed E-state index contributed by atoms with van der Waals surface area (Å²) in [4.78, 5) is 38.9. The highest BCUT2D eigenvalue weighted by molar-refractivity contribution is 14.1. The molecule has 0 bridgehead atoms. The number of ether oxygens (including phenoxy) is 1. The number of imide groups is 1. The number of hydrogen-bond donors (Lipinski definition) is 1. The number of hydrogen-bond acceptors (Lipinski definition) is 5. The van der Waals surface area contributed by atoms with E-state index in [1.165, 1.54) is 6.07 Å². The standard InChI is InChI=1S/C27H22FIN2O4S/c1-16-7-9-20(11-17(16)2)30-25(32)14-31-26(33)24(36-27(31)34)13-18-8-10-23(22(29)12-18)35-15-19-5-3-4-6-21(19)28/h3-13H,14-15H2,1-2H3,(H,30,32)/b24-13+. The van der Waals surface area contributed by atoms with Crippen molar-refractivity contribution < 1.29 is 23.5 Å². The minimum absolute atomic E-state index is 0.0884. The molecule has 0 atom stereocenters. The highest BCUT2D eigenvalue weighted by Gasteiger charge is 2.36. The second-order valence-corrected chi connectivity index (χ2v) is 10.3. The number of aryl methyl sites for hydroxylation is 2. The molecule has 1 aliphatic heterocycles. The number of rotatable bonds is 7. The second kappa shape index (κ2) is 11.3. The summed E-state index contributed by atoms with van der Waals surface area (Å²) in [6.45, 7) is 3.64. The Morgan fingerprint density at radius 3 is 2.58 bits per heavy atom. The number of amides is 3. The summed E-state index contributed by atoms with van der Waals surface area (Å²) in [5.41, 5.74) is 3.89. The van der Waals surface area contributed by atoms with Gasteiger partial charge in [0.25, 0.3) is 11.1 Å². The molecule has 1 fully saturated rings. The largest absolute Gasteiger partial charge is 0.488 e. The first kappa shape index (κ1) is 25.9. The molecule has 0 unspecified atom stereocenters. The quantitative estimate of drug-likeness (QED) is 0.249. The predicted molar refractivity (Wildman–Crippen MR) is 147 cm³/mol. The number of benzene rings is 3. The Labute approximate surface area is 226 Å². The lowest BCUT2D eigenvalue weighted by Crippen LogP contribution is -2.36. The Hall–Kier alpha value is -3.18. The molecule has 1 N–H and O–H groups in total. The van der Waals surface area contributed by atoms with Gasteiger partial charge in [0.15, 0.2) is 0 Å². The molecule has 36 heavy (non-hydrogen) atoms. The molecule has 0 spiro atoms. The van der Waals surface area contributed by atoms with E-state index in [-0.39, 0.29) is 23.9 Å². The van der Waals surface area contributed by atoms with Crippen LogP contribution < -0.4 is 10.1 Å². The van der Waals surface area contributed by atoms with Gasteiger partial charge in [-0.1, -0.05) is 30.3 Å². The first-order chi connectivity index (χ1) is 17.2. The van der Waals surface area contributed by atoms with Crippen LogP contribution in [0.5, 0.6) is 5.75 Å². The smallest absolute Gasteiger partial charge is 0.294 e. The summed E-state index contributed by atoms with van der Waals surface area (Å²) in [7, 11) is 0. The summed E-state index contributed by atoms with van der Waals surface area (Å²) < 4.78 is 20.3. The van der Waals surface area contributed by atoms with E-state index in [1.54, 1.807) is 48.5 Å². The first-order valence-corrected chi connectivity index (χ1v) is 12.9. The van der Waals surface area contributed by atoms with Crippen LogP contribution in [-0.4, -0.2) is 28.5 Å². The summed E-state index contributed by atoms with van der Waals surface area (Å²) >= 11 is 2.89. The fourth-order valence-electron chi connectivity index (χ4n) is 3.45. The molecule has 3 aromatic carbocycles. The number of carbonyl (C=O) groups is 3. The zero-order valence-corrected chi connectivity index (χ0v) is 22.5. The third-order valence-electron chi connectivity index (χ3n) is 5.56. The molecular weight excluding hydrogens is 594 g/mol. The Bertz CT molecular complexity index is 1390. The van der Waals surface area contributed by atoms with E-state index >= 15 is 0 Å². The van der Waals surface area contributed by atoms with Crippen molar-refractivity contribution >= 4 is 63.2 Å². The van der Waals surface area contributed by atoms with Crippen molar-refractivity contribution in [3.63, 3.8) is 0 Å². The van der Waals surface area contributed by atoms with Gasteiger partial charge in [0.2, 0.25) is 5.91 Å². The van der Waals surface area contributed by atoms with Crippen LogP contribution in [0.15, 0.2) is 65.6 Å². The van der Waals surface area contributed by atoms with Crippen LogP contribution in [-0.2, 0) is 16.2 Å². The van der Waals surface area contributed by atoms with Gasteiger partial charge in [0, 0.05) is 11.3 Å². The van der Waals surface area contributed by atoms with Crippen molar-refractivity contribution in [3.8, 4) is 5.75 Å². The molecule has 6 nitrogen and oxygen atoms in total. The molecule has 1 heterocycles. The van der Waals surface area contributed by atoms with Gasteiger partial charge >= 0.3 is 0 Å². The van der Waals surface area contributed by atoms with Crippen molar-refractivity contribution in [1.29, 1.82) is 0 Å². The van der Waals surface area contributed by atoms with Crippen LogP contribution in [0.1, 0.15) is 22.3 Å². The Morgan fingerprint density at radius 1 is 1.08 bits per heavy atom. The maximum atomic E-state index is 13.8. The highest BCUT2D eigenvalue weighted by Crippen LogP contribution is 2.33. The van der Waals surface area contributed by atoms with Gasteiger partial charge < -0.3 is 10.1 Å². The van der Waals surface area contributed by atoms with Crippen LogP contribution in [0.25, 0.3) is 6.08 Å². The average Bonchev–Trinajstić information content (AvgIpc) is 3.09. The summed E-state index contributed by atoms with van der Waals surface area (Å²) in [6, 6.07) is 17.2. The van der Waals surface area contributed by atoms with Crippen LogP contribution in [0.3, 0.4) is 0 Å². The van der Waals surface area contributed by atoms with Gasteiger partial charge in [-0.2, -0.15) is 0 Å². The molecule has 1 aliphatic rings. The van der Waals surface area contributed by atoms with Crippen molar-refractivity contribution in [2.45, 2.75) is 20.5 Å². The summed E-state index contributed by atoms with van der Waals surface area (Å²) in [5, 5.41) is 2.23. The van der Waals surface area contributed by atoms with E-state index in [9.17, 15) is 18.8 Å². The lowest BCUT2D eigenvalue weighted by Gasteiger charge is -2.13. The highest BCUT2D eigenvalue weighted by atomic mass is 127. The number of carbonyl (C=O) groups excluding carboxylic acids is 3. The Balaban J connectivity index is 1.40. The van der Waals surface area contributed by atoms with Crippen LogP contribution in [0.4, 0.5) is 14.9 Å². The molecule has 3 aromatic rings. The van der Waals surface area contributed by atoms with Gasteiger partial charge in [-0.05, 0) is 101 Å². The fourth-order valence-corrected chi connectivity index (χ4v) is 4.98. The van der Waals surface area contributed by atoms with Gasteiger partial charge in [0.1, 0.15) is 24.7 Å². The topological polar surface area (TPSA) is 75.7 Å².